The number of furan rings is 1. The molecule has 1 saturated heterocycles. The minimum atomic E-state index is -0.0737. The number of hydrogen-bond acceptors (Lipinski definition) is 5. The van der Waals surface area contributed by atoms with Crippen LogP contribution in [0.4, 0.5) is 11.4 Å². The molecule has 0 saturated carbocycles. The third-order valence-electron chi connectivity index (χ3n) is 5.90. The second kappa shape index (κ2) is 10.5. The van der Waals surface area contributed by atoms with Crippen molar-refractivity contribution >= 4 is 57.5 Å². The van der Waals surface area contributed by atoms with Gasteiger partial charge in [0.25, 0.3) is 5.91 Å². The SMILES string of the molecule is O=C(CSc1ccc(Cl)cc1)Nc1ccc(N2CCN(C(=O)c3cc4ccccc4o3)CC2)cc1. The number of anilines is 2. The molecule has 1 aliphatic heterocycles. The van der Waals surface area contributed by atoms with E-state index in [2.05, 4.69) is 10.2 Å². The summed E-state index contributed by atoms with van der Waals surface area (Å²) in [6.07, 6.45) is 0. The number of rotatable bonds is 6. The highest BCUT2D eigenvalue weighted by Gasteiger charge is 2.24. The molecule has 8 heteroatoms. The Labute approximate surface area is 212 Å². The fraction of sp³-hybridized carbons (Fsp3) is 0.185. The molecule has 0 atom stereocenters. The smallest absolute Gasteiger partial charge is 0.289 e. The van der Waals surface area contributed by atoms with E-state index in [9.17, 15) is 9.59 Å². The Hall–Kier alpha value is -3.42. The zero-order valence-corrected chi connectivity index (χ0v) is 20.5. The molecule has 1 fully saturated rings. The molecule has 178 valence electrons. The van der Waals surface area contributed by atoms with E-state index >= 15 is 0 Å². The Bertz CT molecular complexity index is 1300. The number of thioether (sulfide) groups is 1. The lowest BCUT2D eigenvalue weighted by molar-refractivity contribution is -0.113. The first-order chi connectivity index (χ1) is 17.0. The first kappa shape index (κ1) is 23.3. The molecule has 0 unspecified atom stereocenters. The van der Waals surface area contributed by atoms with Gasteiger partial charge in [0.15, 0.2) is 5.76 Å². The molecule has 0 bridgehead atoms. The Morgan fingerprint density at radius 2 is 1.63 bits per heavy atom. The number of carbonyl (C=O) groups is 2. The van der Waals surface area contributed by atoms with Gasteiger partial charge in [0.1, 0.15) is 5.58 Å². The van der Waals surface area contributed by atoms with Gasteiger partial charge in [0, 0.05) is 52.9 Å². The predicted molar refractivity (Wildman–Crippen MR) is 142 cm³/mol. The Morgan fingerprint density at radius 1 is 0.914 bits per heavy atom. The normalized spacial score (nSPS) is 13.7. The van der Waals surface area contributed by atoms with Gasteiger partial charge in [-0.3, -0.25) is 9.59 Å². The van der Waals surface area contributed by atoms with E-state index in [0.717, 1.165) is 40.3 Å². The van der Waals surface area contributed by atoms with Crippen molar-refractivity contribution < 1.29 is 14.0 Å². The zero-order valence-electron chi connectivity index (χ0n) is 18.9. The van der Waals surface area contributed by atoms with Gasteiger partial charge in [0.05, 0.1) is 5.75 Å². The summed E-state index contributed by atoms with van der Waals surface area (Å²) in [5.74, 6) is 0.574. The van der Waals surface area contributed by atoms with Crippen LogP contribution in [0.2, 0.25) is 5.02 Å². The van der Waals surface area contributed by atoms with Crippen molar-refractivity contribution in [2.45, 2.75) is 4.90 Å². The maximum atomic E-state index is 12.9. The molecule has 4 aromatic rings. The van der Waals surface area contributed by atoms with E-state index in [0.29, 0.717) is 29.6 Å². The standard InChI is InChI=1S/C27H24ClN3O3S/c28-20-5-11-23(12-6-20)35-18-26(32)29-21-7-9-22(10-8-21)30-13-15-31(16-14-30)27(33)25-17-19-3-1-2-4-24(19)34-25/h1-12,17H,13-16,18H2,(H,29,32). The number of piperazine rings is 1. The summed E-state index contributed by atoms with van der Waals surface area (Å²) in [4.78, 5) is 30.3. The molecule has 35 heavy (non-hydrogen) atoms. The van der Waals surface area contributed by atoms with Crippen molar-refractivity contribution in [1.29, 1.82) is 0 Å². The fourth-order valence-electron chi connectivity index (χ4n) is 4.04. The number of hydrogen-bond donors (Lipinski definition) is 1. The van der Waals surface area contributed by atoms with E-state index in [1.165, 1.54) is 11.8 Å². The minimum absolute atomic E-state index is 0.0598. The van der Waals surface area contributed by atoms with E-state index < -0.39 is 0 Å². The second-order valence-electron chi connectivity index (χ2n) is 8.27. The second-order valence-corrected chi connectivity index (χ2v) is 9.75. The van der Waals surface area contributed by atoms with Crippen LogP contribution in [0.3, 0.4) is 0 Å². The van der Waals surface area contributed by atoms with Gasteiger partial charge in [-0.1, -0.05) is 29.8 Å². The lowest BCUT2D eigenvalue weighted by Gasteiger charge is -2.35. The molecule has 3 aromatic carbocycles. The largest absolute Gasteiger partial charge is 0.451 e. The number of amides is 2. The zero-order chi connectivity index (χ0) is 24.2. The highest BCUT2D eigenvalue weighted by molar-refractivity contribution is 8.00. The van der Waals surface area contributed by atoms with Crippen LogP contribution in [0.15, 0.2) is 88.2 Å². The highest BCUT2D eigenvalue weighted by Crippen LogP contribution is 2.24. The van der Waals surface area contributed by atoms with Gasteiger partial charge >= 0.3 is 0 Å². The molecule has 6 nitrogen and oxygen atoms in total. The van der Waals surface area contributed by atoms with Crippen LogP contribution in [0.5, 0.6) is 0 Å². The molecule has 1 aromatic heterocycles. The number of benzene rings is 3. The number of nitrogens with one attached hydrogen (secondary N) is 1. The van der Waals surface area contributed by atoms with E-state index in [-0.39, 0.29) is 11.8 Å². The van der Waals surface area contributed by atoms with Gasteiger partial charge < -0.3 is 19.5 Å². The van der Waals surface area contributed by atoms with Crippen molar-refractivity contribution in [1.82, 2.24) is 4.90 Å². The Balaban J connectivity index is 1.11. The number of fused-ring (bicyclic) bond motifs is 1. The molecule has 0 spiro atoms. The maximum Gasteiger partial charge on any atom is 0.289 e. The summed E-state index contributed by atoms with van der Waals surface area (Å²) in [5.41, 5.74) is 2.55. The van der Waals surface area contributed by atoms with Crippen LogP contribution in [0.1, 0.15) is 10.6 Å². The van der Waals surface area contributed by atoms with Crippen molar-refractivity contribution in [3.8, 4) is 0 Å². The van der Waals surface area contributed by atoms with Crippen molar-refractivity contribution in [2.24, 2.45) is 0 Å². The fourth-order valence-corrected chi connectivity index (χ4v) is 4.87. The average Bonchev–Trinajstić information content (AvgIpc) is 3.33. The first-order valence-corrected chi connectivity index (χ1v) is 12.7. The molecule has 2 amide bonds. The lowest BCUT2D eigenvalue weighted by atomic mass is 10.2. The number of halogens is 1. The quantitative estimate of drug-likeness (QED) is 0.336. The van der Waals surface area contributed by atoms with Crippen molar-refractivity contribution in [2.75, 3.05) is 42.1 Å². The summed E-state index contributed by atoms with van der Waals surface area (Å²) in [7, 11) is 0. The summed E-state index contributed by atoms with van der Waals surface area (Å²) >= 11 is 7.36. The molecule has 0 radical (unpaired) electrons. The van der Waals surface area contributed by atoms with Crippen molar-refractivity contribution in [3.05, 3.63) is 89.6 Å². The summed E-state index contributed by atoms with van der Waals surface area (Å²) in [6, 6.07) is 24.7. The number of carbonyl (C=O) groups excluding carboxylic acids is 2. The molecule has 5 rings (SSSR count). The molecule has 2 heterocycles. The molecular formula is C27H24ClN3O3S. The average molecular weight is 506 g/mol. The monoisotopic (exact) mass is 505 g/mol. The van der Waals surface area contributed by atoms with Crippen LogP contribution < -0.4 is 10.2 Å². The van der Waals surface area contributed by atoms with E-state index in [1.54, 1.807) is 0 Å². The number of nitrogens with zero attached hydrogens (tertiary/aromatic N) is 2. The Morgan fingerprint density at radius 3 is 2.34 bits per heavy atom. The maximum absolute atomic E-state index is 12.9. The molecular weight excluding hydrogens is 482 g/mol. The van der Waals surface area contributed by atoms with Crippen LogP contribution >= 0.6 is 23.4 Å². The predicted octanol–water partition coefficient (Wildman–Crippen LogP) is 5.78. The minimum Gasteiger partial charge on any atom is -0.451 e. The third-order valence-corrected chi connectivity index (χ3v) is 7.17. The van der Waals surface area contributed by atoms with Crippen LogP contribution in [-0.4, -0.2) is 48.6 Å². The van der Waals surface area contributed by atoms with Gasteiger partial charge in [-0.15, -0.1) is 11.8 Å². The van der Waals surface area contributed by atoms with Gasteiger partial charge in [-0.05, 0) is 60.7 Å². The first-order valence-electron chi connectivity index (χ1n) is 11.4. The Kier molecular flexibility index (Phi) is 6.97. The third kappa shape index (κ3) is 5.63. The van der Waals surface area contributed by atoms with Gasteiger partial charge in [-0.25, -0.2) is 0 Å². The molecule has 1 aliphatic rings. The topological polar surface area (TPSA) is 65.8 Å². The lowest BCUT2D eigenvalue weighted by Crippen LogP contribution is -2.48. The molecule has 0 aliphatic carbocycles. The van der Waals surface area contributed by atoms with Crippen molar-refractivity contribution in [3.63, 3.8) is 0 Å². The van der Waals surface area contributed by atoms with E-state index in [1.807, 2.05) is 83.8 Å². The van der Waals surface area contributed by atoms with Gasteiger partial charge in [-0.2, -0.15) is 0 Å². The summed E-state index contributed by atoms with van der Waals surface area (Å²) in [5, 5.41) is 4.55. The van der Waals surface area contributed by atoms with E-state index in [4.69, 9.17) is 16.0 Å². The van der Waals surface area contributed by atoms with Gasteiger partial charge in [0.2, 0.25) is 5.91 Å². The summed E-state index contributed by atoms with van der Waals surface area (Å²) in [6.45, 7) is 2.71. The summed E-state index contributed by atoms with van der Waals surface area (Å²) < 4.78 is 5.74. The van der Waals surface area contributed by atoms with Crippen LogP contribution in [0.25, 0.3) is 11.0 Å². The highest BCUT2D eigenvalue weighted by atomic mass is 35.5. The van der Waals surface area contributed by atoms with Crippen LogP contribution in [0, 0.1) is 0 Å². The number of para-hydroxylation sites is 1. The molecule has 1 N–H and O–H groups in total. The van der Waals surface area contributed by atoms with Crippen LogP contribution in [-0.2, 0) is 4.79 Å².